The Bertz CT molecular complexity index is 660. The minimum absolute atomic E-state index is 0.0250. The Labute approximate surface area is 123 Å². The number of hydrogen-bond acceptors (Lipinski definition) is 4. The van der Waals surface area contributed by atoms with E-state index in [2.05, 4.69) is 5.32 Å². The third-order valence-electron chi connectivity index (χ3n) is 2.77. The number of benzene rings is 2. The van der Waals surface area contributed by atoms with Crippen LogP contribution in [0.25, 0.3) is 0 Å². The summed E-state index contributed by atoms with van der Waals surface area (Å²) in [6.07, 6.45) is 0.267. The average Bonchev–Trinajstić information content (AvgIpc) is 2.48. The lowest BCUT2D eigenvalue weighted by atomic mass is 10.1. The van der Waals surface area contributed by atoms with Crippen molar-refractivity contribution in [2.24, 2.45) is 0 Å². The zero-order valence-corrected chi connectivity index (χ0v) is 11.4. The van der Waals surface area contributed by atoms with Crippen molar-refractivity contribution in [3.63, 3.8) is 0 Å². The number of carbonyl (C=O) groups excluding carboxylic acids is 1. The van der Waals surface area contributed by atoms with Crippen LogP contribution in [0.1, 0.15) is 5.56 Å². The Morgan fingerprint density at radius 1 is 1.24 bits per heavy atom. The summed E-state index contributed by atoms with van der Waals surface area (Å²) < 4.78 is 5.18. The van der Waals surface area contributed by atoms with E-state index >= 15 is 0 Å². The molecule has 0 aliphatic heterocycles. The molecule has 5 heteroatoms. The highest BCUT2D eigenvalue weighted by Crippen LogP contribution is 2.17. The maximum absolute atomic E-state index is 12.0. The molecule has 0 atom stereocenters. The van der Waals surface area contributed by atoms with Crippen molar-refractivity contribution in [1.29, 1.82) is 5.26 Å². The third-order valence-corrected chi connectivity index (χ3v) is 2.77. The van der Waals surface area contributed by atoms with Crippen molar-refractivity contribution in [1.82, 2.24) is 0 Å². The van der Waals surface area contributed by atoms with Crippen molar-refractivity contribution in [2.45, 2.75) is 6.42 Å². The molecule has 21 heavy (non-hydrogen) atoms. The van der Waals surface area contributed by atoms with Crippen LogP contribution in [-0.2, 0) is 11.2 Å². The predicted molar refractivity (Wildman–Crippen MR) is 80.7 cm³/mol. The Kier molecular flexibility index (Phi) is 4.78. The molecule has 0 aliphatic rings. The molecule has 0 spiro atoms. The van der Waals surface area contributed by atoms with Gasteiger partial charge in [-0.25, -0.2) is 0 Å². The highest BCUT2D eigenvalue weighted by molar-refractivity contribution is 5.92. The van der Waals surface area contributed by atoms with Gasteiger partial charge in [-0.1, -0.05) is 18.2 Å². The molecule has 0 aliphatic carbocycles. The van der Waals surface area contributed by atoms with Crippen LogP contribution < -0.4 is 15.8 Å². The highest BCUT2D eigenvalue weighted by atomic mass is 16.5. The molecule has 3 N–H and O–H groups in total. The van der Waals surface area contributed by atoms with E-state index in [4.69, 9.17) is 15.7 Å². The molecule has 0 unspecified atom stereocenters. The number of ether oxygens (including phenoxy) is 1. The quantitative estimate of drug-likeness (QED) is 0.823. The van der Waals surface area contributed by atoms with Gasteiger partial charge in [0.25, 0.3) is 0 Å². The van der Waals surface area contributed by atoms with Gasteiger partial charge < -0.3 is 15.8 Å². The smallest absolute Gasteiger partial charge is 0.228 e. The van der Waals surface area contributed by atoms with Crippen molar-refractivity contribution >= 4 is 17.3 Å². The van der Waals surface area contributed by atoms with E-state index < -0.39 is 0 Å². The molecule has 1 amide bonds. The summed E-state index contributed by atoms with van der Waals surface area (Å²) in [4.78, 5) is 12.0. The standard InChI is InChI=1S/C16H15N3O2/c17-8-9-21-15-3-1-2-14(11-15)19-16(20)10-12-4-6-13(18)7-5-12/h1-7,11H,9-10,18H2,(H,19,20). The third kappa shape index (κ3) is 4.55. The van der Waals surface area contributed by atoms with E-state index in [0.717, 1.165) is 5.56 Å². The van der Waals surface area contributed by atoms with Crippen molar-refractivity contribution < 1.29 is 9.53 Å². The van der Waals surface area contributed by atoms with Gasteiger partial charge in [-0.15, -0.1) is 0 Å². The second-order valence-corrected chi connectivity index (χ2v) is 4.44. The molecular formula is C16H15N3O2. The van der Waals surface area contributed by atoms with E-state index in [1.165, 1.54) is 0 Å². The zero-order chi connectivity index (χ0) is 15.1. The maximum atomic E-state index is 12.0. The molecule has 2 aromatic carbocycles. The number of anilines is 2. The van der Waals surface area contributed by atoms with Crippen LogP contribution in [0.2, 0.25) is 0 Å². The number of nitriles is 1. The Hall–Kier alpha value is -3.00. The molecular weight excluding hydrogens is 266 g/mol. The fraction of sp³-hybridized carbons (Fsp3) is 0.125. The van der Waals surface area contributed by atoms with Crippen LogP contribution in [0.4, 0.5) is 11.4 Å². The number of rotatable bonds is 5. The summed E-state index contributed by atoms with van der Waals surface area (Å²) in [5, 5.41) is 11.3. The topological polar surface area (TPSA) is 88.1 Å². The second kappa shape index (κ2) is 6.96. The largest absolute Gasteiger partial charge is 0.479 e. The molecule has 2 aromatic rings. The van der Waals surface area contributed by atoms with E-state index in [-0.39, 0.29) is 18.9 Å². The van der Waals surface area contributed by atoms with Gasteiger partial charge in [0, 0.05) is 17.4 Å². The van der Waals surface area contributed by atoms with Gasteiger partial charge in [0.05, 0.1) is 6.42 Å². The van der Waals surface area contributed by atoms with Gasteiger partial charge in [-0.3, -0.25) is 4.79 Å². The molecule has 0 saturated carbocycles. The van der Waals surface area contributed by atoms with Crippen LogP contribution in [0.15, 0.2) is 48.5 Å². The van der Waals surface area contributed by atoms with E-state index in [0.29, 0.717) is 17.1 Å². The summed E-state index contributed by atoms with van der Waals surface area (Å²) in [5.41, 5.74) is 7.79. The fourth-order valence-electron chi connectivity index (χ4n) is 1.81. The monoisotopic (exact) mass is 281 g/mol. The number of carbonyl (C=O) groups is 1. The van der Waals surface area contributed by atoms with Gasteiger partial charge in [0.15, 0.2) is 6.61 Å². The van der Waals surface area contributed by atoms with Gasteiger partial charge in [0.1, 0.15) is 11.8 Å². The molecule has 0 bridgehead atoms. The fourth-order valence-corrected chi connectivity index (χ4v) is 1.81. The van der Waals surface area contributed by atoms with Gasteiger partial charge in [0.2, 0.25) is 5.91 Å². The summed E-state index contributed by atoms with van der Waals surface area (Å²) >= 11 is 0. The normalized spacial score (nSPS) is 9.67. The minimum atomic E-state index is -0.128. The van der Waals surface area contributed by atoms with Crippen LogP contribution >= 0.6 is 0 Å². The van der Waals surface area contributed by atoms with Crippen molar-refractivity contribution in [3.8, 4) is 11.8 Å². The summed E-state index contributed by atoms with van der Waals surface area (Å²) in [6, 6.07) is 16.0. The number of nitrogens with zero attached hydrogens (tertiary/aromatic N) is 1. The first-order valence-electron chi connectivity index (χ1n) is 6.41. The number of amides is 1. The maximum Gasteiger partial charge on any atom is 0.228 e. The van der Waals surface area contributed by atoms with Crippen LogP contribution in [0.3, 0.4) is 0 Å². The minimum Gasteiger partial charge on any atom is -0.479 e. The lowest BCUT2D eigenvalue weighted by Gasteiger charge is -2.07. The average molecular weight is 281 g/mol. The Morgan fingerprint density at radius 2 is 2.00 bits per heavy atom. The number of nitrogen functional groups attached to an aromatic ring is 1. The predicted octanol–water partition coefficient (Wildman–Crippen LogP) is 2.35. The molecule has 0 aromatic heterocycles. The number of hydrogen-bond donors (Lipinski definition) is 2. The van der Waals surface area contributed by atoms with Crippen molar-refractivity contribution in [3.05, 3.63) is 54.1 Å². The first-order valence-corrected chi connectivity index (χ1v) is 6.41. The molecule has 0 heterocycles. The molecule has 5 nitrogen and oxygen atoms in total. The highest BCUT2D eigenvalue weighted by Gasteiger charge is 2.05. The zero-order valence-electron chi connectivity index (χ0n) is 11.4. The Morgan fingerprint density at radius 3 is 2.71 bits per heavy atom. The molecule has 0 radical (unpaired) electrons. The van der Waals surface area contributed by atoms with Gasteiger partial charge in [-0.05, 0) is 29.8 Å². The number of nitrogens with one attached hydrogen (secondary N) is 1. The van der Waals surface area contributed by atoms with E-state index in [1.807, 2.05) is 18.2 Å². The molecule has 0 saturated heterocycles. The Balaban J connectivity index is 1.96. The first-order chi connectivity index (χ1) is 10.2. The second-order valence-electron chi connectivity index (χ2n) is 4.44. The van der Waals surface area contributed by atoms with Crippen LogP contribution in [0.5, 0.6) is 5.75 Å². The van der Waals surface area contributed by atoms with Gasteiger partial charge >= 0.3 is 0 Å². The SMILES string of the molecule is N#CCOc1cccc(NC(=O)Cc2ccc(N)cc2)c1. The molecule has 106 valence electrons. The molecule has 0 fully saturated rings. The molecule has 2 rings (SSSR count). The summed E-state index contributed by atoms with van der Waals surface area (Å²) in [7, 11) is 0. The lowest BCUT2D eigenvalue weighted by Crippen LogP contribution is -2.14. The number of nitrogens with two attached hydrogens (primary N) is 1. The van der Waals surface area contributed by atoms with E-state index in [9.17, 15) is 4.79 Å². The van der Waals surface area contributed by atoms with Gasteiger partial charge in [-0.2, -0.15) is 5.26 Å². The van der Waals surface area contributed by atoms with Crippen LogP contribution in [0, 0.1) is 11.3 Å². The van der Waals surface area contributed by atoms with Crippen LogP contribution in [-0.4, -0.2) is 12.5 Å². The van der Waals surface area contributed by atoms with Crippen molar-refractivity contribution in [2.75, 3.05) is 17.7 Å². The van der Waals surface area contributed by atoms with E-state index in [1.54, 1.807) is 36.4 Å². The lowest BCUT2D eigenvalue weighted by molar-refractivity contribution is -0.115. The summed E-state index contributed by atoms with van der Waals surface area (Å²) in [6.45, 7) is -0.0250. The summed E-state index contributed by atoms with van der Waals surface area (Å²) in [5.74, 6) is 0.416. The first kappa shape index (κ1) is 14.4.